The Bertz CT molecular complexity index is 156. The van der Waals surface area contributed by atoms with E-state index >= 15 is 0 Å². The maximum absolute atomic E-state index is 10.9. The van der Waals surface area contributed by atoms with E-state index in [1.165, 1.54) is 4.90 Å². The first-order valence-electron chi connectivity index (χ1n) is 3.98. The Balaban J connectivity index is 3.85. The van der Waals surface area contributed by atoms with Gasteiger partial charge in [-0.15, -0.1) is 0 Å². The summed E-state index contributed by atoms with van der Waals surface area (Å²) >= 11 is 0. The van der Waals surface area contributed by atoms with Gasteiger partial charge in [-0.3, -0.25) is 9.59 Å². The molecule has 0 aliphatic rings. The zero-order valence-electron chi connectivity index (χ0n) is 7.74. The molecular formula is C8H15NO3. The van der Waals surface area contributed by atoms with Crippen molar-refractivity contribution < 1.29 is 14.3 Å². The zero-order chi connectivity index (χ0) is 9.56. The lowest BCUT2D eigenvalue weighted by Gasteiger charge is -2.19. The van der Waals surface area contributed by atoms with Gasteiger partial charge < -0.3 is 9.64 Å². The highest BCUT2D eigenvalue weighted by Gasteiger charge is 2.11. The van der Waals surface area contributed by atoms with Gasteiger partial charge in [0.1, 0.15) is 6.54 Å². The largest absolute Gasteiger partial charge is 0.465 e. The summed E-state index contributed by atoms with van der Waals surface area (Å²) in [6, 6.07) is 0.0342. The number of nitrogens with zero attached hydrogens (tertiary/aromatic N) is 1. The fourth-order valence-corrected chi connectivity index (χ4v) is 0.697. The summed E-state index contributed by atoms with van der Waals surface area (Å²) in [6.45, 7) is 5.80. The first kappa shape index (κ1) is 10.9. The molecule has 0 unspecified atom stereocenters. The third-order valence-corrected chi connectivity index (χ3v) is 1.42. The van der Waals surface area contributed by atoms with E-state index < -0.39 is 0 Å². The summed E-state index contributed by atoms with van der Waals surface area (Å²) < 4.78 is 4.68. The van der Waals surface area contributed by atoms with Gasteiger partial charge in [0.25, 0.3) is 0 Å². The lowest BCUT2D eigenvalue weighted by Crippen LogP contribution is -2.35. The van der Waals surface area contributed by atoms with Crippen molar-refractivity contribution in [3.05, 3.63) is 0 Å². The average molecular weight is 173 g/mol. The normalized spacial score (nSPS) is 9.67. The summed E-state index contributed by atoms with van der Waals surface area (Å²) in [7, 11) is 0. The summed E-state index contributed by atoms with van der Waals surface area (Å²) in [5.41, 5.74) is 0. The van der Waals surface area contributed by atoms with Gasteiger partial charge in [0, 0.05) is 6.04 Å². The molecule has 0 saturated heterocycles. The molecule has 0 atom stereocenters. The predicted molar refractivity (Wildman–Crippen MR) is 44.5 cm³/mol. The number of rotatable bonds is 5. The minimum absolute atomic E-state index is 0.0342. The maximum Gasteiger partial charge on any atom is 0.325 e. The molecule has 0 bridgehead atoms. The number of amides is 1. The van der Waals surface area contributed by atoms with Gasteiger partial charge >= 0.3 is 5.97 Å². The highest BCUT2D eigenvalue weighted by Crippen LogP contribution is 1.94. The van der Waals surface area contributed by atoms with Gasteiger partial charge in [-0.2, -0.15) is 0 Å². The van der Waals surface area contributed by atoms with E-state index in [0.717, 1.165) is 0 Å². The molecule has 1 amide bonds. The molecule has 70 valence electrons. The van der Waals surface area contributed by atoms with Crippen molar-refractivity contribution in [3.63, 3.8) is 0 Å². The lowest BCUT2D eigenvalue weighted by molar-refractivity contribution is -0.147. The molecule has 4 nitrogen and oxygen atoms in total. The molecule has 0 saturated carbocycles. The molecule has 0 aromatic carbocycles. The van der Waals surface area contributed by atoms with Crippen LogP contribution in [0.1, 0.15) is 20.8 Å². The smallest absolute Gasteiger partial charge is 0.325 e. The first-order chi connectivity index (χ1) is 5.61. The third kappa shape index (κ3) is 3.95. The van der Waals surface area contributed by atoms with Gasteiger partial charge in [0.2, 0.25) is 6.41 Å². The van der Waals surface area contributed by atoms with Crippen LogP contribution in [0.5, 0.6) is 0 Å². The van der Waals surface area contributed by atoms with Crippen molar-refractivity contribution >= 4 is 12.4 Å². The van der Waals surface area contributed by atoms with Crippen molar-refractivity contribution in [1.82, 2.24) is 4.90 Å². The second-order valence-corrected chi connectivity index (χ2v) is 2.68. The van der Waals surface area contributed by atoms with Crippen molar-refractivity contribution in [2.45, 2.75) is 26.8 Å². The molecule has 0 radical (unpaired) electrons. The minimum atomic E-state index is -0.363. The van der Waals surface area contributed by atoms with Gasteiger partial charge in [-0.1, -0.05) is 0 Å². The Morgan fingerprint density at radius 1 is 1.58 bits per heavy atom. The third-order valence-electron chi connectivity index (χ3n) is 1.42. The summed E-state index contributed by atoms with van der Waals surface area (Å²) in [5.74, 6) is -0.363. The van der Waals surface area contributed by atoms with Crippen LogP contribution in [-0.4, -0.2) is 36.5 Å². The van der Waals surface area contributed by atoms with Gasteiger partial charge in [0.05, 0.1) is 6.61 Å². The van der Waals surface area contributed by atoms with Crippen LogP contribution in [0.25, 0.3) is 0 Å². The second-order valence-electron chi connectivity index (χ2n) is 2.68. The van der Waals surface area contributed by atoms with E-state index in [2.05, 4.69) is 4.74 Å². The van der Waals surface area contributed by atoms with Crippen LogP contribution in [0, 0.1) is 0 Å². The van der Waals surface area contributed by atoms with Crippen LogP contribution in [0.15, 0.2) is 0 Å². The number of ether oxygens (including phenoxy) is 1. The molecule has 0 aliphatic heterocycles. The van der Waals surface area contributed by atoms with E-state index in [9.17, 15) is 9.59 Å². The predicted octanol–water partition coefficient (Wildman–Crippen LogP) is 0.416. The van der Waals surface area contributed by atoms with Gasteiger partial charge in [0.15, 0.2) is 0 Å². The molecule has 12 heavy (non-hydrogen) atoms. The Hall–Kier alpha value is -1.06. The molecule has 0 heterocycles. The van der Waals surface area contributed by atoms with Gasteiger partial charge in [-0.05, 0) is 20.8 Å². The number of esters is 1. The molecule has 0 aromatic rings. The molecule has 0 aromatic heterocycles. The highest BCUT2D eigenvalue weighted by molar-refractivity contribution is 5.74. The SMILES string of the molecule is CCOC(=O)CN(C=O)C(C)C. The second kappa shape index (κ2) is 5.57. The van der Waals surface area contributed by atoms with Crippen LogP contribution < -0.4 is 0 Å². The van der Waals surface area contributed by atoms with Crippen LogP contribution >= 0.6 is 0 Å². The summed E-state index contributed by atoms with van der Waals surface area (Å²) in [5, 5.41) is 0. The van der Waals surface area contributed by atoms with Crippen LogP contribution in [-0.2, 0) is 14.3 Å². The molecule has 4 heteroatoms. The fourth-order valence-electron chi connectivity index (χ4n) is 0.697. The van der Waals surface area contributed by atoms with E-state index in [4.69, 9.17) is 0 Å². The number of hydrogen-bond acceptors (Lipinski definition) is 3. The van der Waals surface area contributed by atoms with Crippen molar-refractivity contribution in [1.29, 1.82) is 0 Å². The summed E-state index contributed by atoms with van der Waals surface area (Å²) in [4.78, 5) is 22.7. The fraction of sp³-hybridized carbons (Fsp3) is 0.750. The molecular weight excluding hydrogens is 158 g/mol. The van der Waals surface area contributed by atoms with E-state index in [0.29, 0.717) is 13.0 Å². The number of carbonyl (C=O) groups is 2. The minimum Gasteiger partial charge on any atom is -0.465 e. The van der Waals surface area contributed by atoms with Crippen molar-refractivity contribution in [2.75, 3.05) is 13.2 Å². The molecule has 0 fully saturated rings. The molecule has 0 N–H and O–H groups in total. The highest BCUT2D eigenvalue weighted by atomic mass is 16.5. The van der Waals surface area contributed by atoms with Gasteiger partial charge in [-0.25, -0.2) is 0 Å². The lowest BCUT2D eigenvalue weighted by atomic mass is 10.3. The Morgan fingerprint density at radius 2 is 2.17 bits per heavy atom. The first-order valence-corrected chi connectivity index (χ1v) is 3.98. The Kier molecular flexibility index (Phi) is 5.08. The average Bonchev–Trinajstić information content (AvgIpc) is 2.00. The Labute approximate surface area is 72.5 Å². The quantitative estimate of drug-likeness (QED) is 0.447. The monoisotopic (exact) mass is 173 g/mol. The summed E-state index contributed by atoms with van der Waals surface area (Å²) in [6.07, 6.45) is 0.654. The molecule has 0 aliphatic carbocycles. The van der Waals surface area contributed by atoms with E-state index in [-0.39, 0.29) is 18.6 Å². The Morgan fingerprint density at radius 3 is 2.50 bits per heavy atom. The standard InChI is InChI=1S/C8H15NO3/c1-4-12-8(11)5-9(6-10)7(2)3/h6-7H,4-5H2,1-3H3. The number of hydrogen-bond donors (Lipinski definition) is 0. The van der Waals surface area contributed by atoms with Crippen molar-refractivity contribution in [3.8, 4) is 0 Å². The topological polar surface area (TPSA) is 46.6 Å². The van der Waals surface area contributed by atoms with Crippen LogP contribution in [0.2, 0.25) is 0 Å². The van der Waals surface area contributed by atoms with E-state index in [1.807, 2.05) is 13.8 Å². The number of carbonyl (C=O) groups excluding carboxylic acids is 2. The molecule has 0 rings (SSSR count). The van der Waals surface area contributed by atoms with E-state index in [1.54, 1.807) is 6.92 Å². The maximum atomic E-state index is 10.9. The molecule has 0 spiro atoms. The zero-order valence-corrected chi connectivity index (χ0v) is 7.74. The van der Waals surface area contributed by atoms with Crippen molar-refractivity contribution in [2.24, 2.45) is 0 Å². The van der Waals surface area contributed by atoms with Crippen LogP contribution in [0.3, 0.4) is 0 Å². The van der Waals surface area contributed by atoms with Crippen LogP contribution in [0.4, 0.5) is 0 Å².